The van der Waals surface area contributed by atoms with E-state index in [2.05, 4.69) is 19.2 Å². The molecule has 1 aromatic rings. The molecule has 0 aliphatic heterocycles. The standard InChI is InChI=1S/C26H42N2O2/c1-20(2)12-10-8-6-4-3-5-7-9-11-17-28-26(30)24-16-14-21-18-23(25(27)29)15-13-22(21)19-24/h13,15,18,20,24H,3-12,14,16-17,19H2,1-2H3,(H2,27,29)(H,28,30). The van der Waals surface area contributed by atoms with E-state index >= 15 is 0 Å². The smallest absolute Gasteiger partial charge is 0.248 e. The molecule has 1 atom stereocenters. The van der Waals surface area contributed by atoms with Crippen molar-refractivity contribution >= 4 is 11.8 Å². The van der Waals surface area contributed by atoms with Crippen molar-refractivity contribution in [3.8, 4) is 0 Å². The van der Waals surface area contributed by atoms with Crippen molar-refractivity contribution in [3.05, 3.63) is 34.9 Å². The van der Waals surface area contributed by atoms with Crippen LogP contribution in [0.5, 0.6) is 0 Å². The second-order valence-corrected chi connectivity index (χ2v) is 9.44. The number of benzene rings is 1. The topological polar surface area (TPSA) is 72.2 Å². The van der Waals surface area contributed by atoms with Crippen LogP contribution in [0.3, 0.4) is 0 Å². The summed E-state index contributed by atoms with van der Waals surface area (Å²) < 4.78 is 0. The molecule has 30 heavy (non-hydrogen) atoms. The molecule has 1 aliphatic rings. The van der Waals surface area contributed by atoms with E-state index < -0.39 is 0 Å². The molecule has 0 saturated heterocycles. The summed E-state index contributed by atoms with van der Waals surface area (Å²) in [5, 5.41) is 3.13. The minimum Gasteiger partial charge on any atom is -0.366 e. The van der Waals surface area contributed by atoms with Gasteiger partial charge in [0.05, 0.1) is 0 Å². The van der Waals surface area contributed by atoms with Gasteiger partial charge in [0, 0.05) is 18.0 Å². The summed E-state index contributed by atoms with van der Waals surface area (Å²) >= 11 is 0. The Kier molecular flexibility index (Phi) is 11.0. The summed E-state index contributed by atoms with van der Waals surface area (Å²) in [5.74, 6) is 0.684. The van der Waals surface area contributed by atoms with Crippen LogP contribution in [0.25, 0.3) is 0 Å². The first-order chi connectivity index (χ1) is 14.5. The van der Waals surface area contributed by atoms with E-state index in [9.17, 15) is 9.59 Å². The quantitative estimate of drug-likeness (QED) is 0.391. The van der Waals surface area contributed by atoms with E-state index in [0.717, 1.165) is 43.7 Å². The molecule has 168 valence electrons. The van der Waals surface area contributed by atoms with Gasteiger partial charge in [-0.3, -0.25) is 9.59 Å². The van der Waals surface area contributed by atoms with Gasteiger partial charge in [-0.1, -0.05) is 77.7 Å². The lowest BCUT2D eigenvalue weighted by atomic mass is 9.82. The summed E-state index contributed by atoms with van der Waals surface area (Å²) in [7, 11) is 0. The number of unbranched alkanes of at least 4 members (excludes halogenated alkanes) is 8. The van der Waals surface area contributed by atoms with E-state index in [0.29, 0.717) is 5.56 Å². The molecular formula is C26H42N2O2. The largest absolute Gasteiger partial charge is 0.366 e. The van der Waals surface area contributed by atoms with Crippen molar-refractivity contribution in [3.63, 3.8) is 0 Å². The molecule has 1 aromatic carbocycles. The van der Waals surface area contributed by atoms with Crippen LogP contribution in [0, 0.1) is 11.8 Å². The molecule has 0 heterocycles. The van der Waals surface area contributed by atoms with Gasteiger partial charge in [0.15, 0.2) is 0 Å². The van der Waals surface area contributed by atoms with Crippen LogP contribution >= 0.6 is 0 Å². The Hall–Kier alpha value is -1.84. The molecule has 0 radical (unpaired) electrons. The number of primary amides is 1. The van der Waals surface area contributed by atoms with Gasteiger partial charge in [0.1, 0.15) is 0 Å². The molecule has 0 spiro atoms. The van der Waals surface area contributed by atoms with Crippen molar-refractivity contribution in [2.75, 3.05) is 6.54 Å². The number of nitrogens with one attached hydrogen (secondary N) is 1. The van der Waals surface area contributed by atoms with Crippen molar-refractivity contribution in [1.82, 2.24) is 5.32 Å². The van der Waals surface area contributed by atoms with Crippen molar-refractivity contribution < 1.29 is 9.59 Å². The number of fused-ring (bicyclic) bond motifs is 1. The fourth-order valence-corrected chi connectivity index (χ4v) is 4.40. The van der Waals surface area contributed by atoms with Crippen LogP contribution in [-0.2, 0) is 17.6 Å². The maximum absolute atomic E-state index is 12.5. The molecule has 2 amide bonds. The lowest BCUT2D eigenvalue weighted by molar-refractivity contribution is -0.125. The average Bonchev–Trinajstić information content (AvgIpc) is 2.73. The number of rotatable bonds is 14. The van der Waals surface area contributed by atoms with Gasteiger partial charge in [0.2, 0.25) is 11.8 Å². The Morgan fingerprint density at radius 2 is 1.60 bits per heavy atom. The Bertz CT molecular complexity index is 669. The number of nitrogens with two attached hydrogens (primary N) is 1. The second-order valence-electron chi connectivity index (χ2n) is 9.44. The van der Waals surface area contributed by atoms with Crippen molar-refractivity contribution in [1.29, 1.82) is 0 Å². The summed E-state index contributed by atoms with van der Waals surface area (Å²) in [6.45, 7) is 5.40. The molecule has 1 unspecified atom stereocenters. The maximum atomic E-state index is 12.5. The van der Waals surface area contributed by atoms with Gasteiger partial charge in [-0.05, 0) is 54.9 Å². The van der Waals surface area contributed by atoms with Crippen LogP contribution < -0.4 is 11.1 Å². The highest BCUT2D eigenvalue weighted by Gasteiger charge is 2.24. The van der Waals surface area contributed by atoms with Crippen LogP contribution in [0.1, 0.15) is 106 Å². The maximum Gasteiger partial charge on any atom is 0.248 e. The highest BCUT2D eigenvalue weighted by molar-refractivity contribution is 5.93. The third-order valence-corrected chi connectivity index (χ3v) is 6.35. The number of hydrogen-bond donors (Lipinski definition) is 2. The van der Waals surface area contributed by atoms with Gasteiger partial charge in [-0.25, -0.2) is 0 Å². The lowest BCUT2D eigenvalue weighted by Gasteiger charge is -2.24. The third kappa shape index (κ3) is 8.89. The first-order valence-corrected chi connectivity index (χ1v) is 12.2. The van der Waals surface area contributed by atoms with E-state index in [1.165, 1.54) is 63.4 Å². The van der Waals surface area contributed by atoms with E-state index in [4.69, 9.17) is 5.73 Å². The Labute approximate surface area is 183 Å². The molecule has 4 heteroatoms. The molecule has 4 nitrogen and oxygen atoms in total. The van der Waals surface area contributed by atoms with E-state index in [1.807, 2.05) is 12.1 Å². The molecule has 0 fully saturated rings. The Morgan fingerprint density at radius 1 is 0.967 bits per heavy atom. The number of amides is 2. The lowest BCUT2D eigenvalue weighted by Crippen LogP contribution is -2.34. The molecule has 1 aliphatic carbocycles. The predicted molar refractivity (Wildman–Crippen MR) is 124 cm³/mol. The molecule has 3 N–H and O–H groups in total. The SMILES string of the molecule is CC(C)CCCCCCCCCCCNC(=O)C1CCc2cc(C(N)=O)ccc2C1. The zero-order valence-corrected chi connectivity index (χ0v) is 19.2. The molecule has 0 bridgehead atoms. The normalized spacial score (nSPS) is 15.8. The van der Waals surface area contributed by atoms with Gasteiger partial charge >= 0.3 is 0 Å². The van der Waals surface area contributed by atoms with E-state index in [-0.39, 0.29) is 17.7 Å². The van der Waals surface area contributed by atoms with Crippen molar-refractivity contribution in [2.24, 2.45) is 17.6 Å². The first kappa shape index (κ1) is 24.4. The minimum atomic E-state index is -0.390. The number of aryl methyl sites for hydroxylation is 1. The number of carbonyl (C=O) groups excluding carboxylic acids is 2. The van der Waals surface area contributed by atoms with E-state index in [1.54, 1.807) is 6.07 Å². The molecule has 0 aromatic heterocycles. The highest BCUT2D eigenvalue weighted by Crippen LogP contribution is 2.26. The Morgan fingerprint density at radius 3 is 2.23 bits per heavy atom. The minimum absolute atomic E-state index is 0.0487. The van der Waals surface area contributed by atoms with Crippen LogP contribution in [0.2, 0.25) is 0 Å². The number of hydrogen-bond acceptors (Lipinski definition) is 2. The summed E-state index contributed by atoms with van der Waals surface area (Å²) in [6, 6.07) is 5.61. The Balaban J connectivity index is 1.50. The third-order valence-electron chi connectivity index (χ3n) is 6.35. The first-order valence-electron chi connectivity index (χ1n) is 12.2. The van der Waals surface area contributed by atoms with Gasteiger partial charge in [-0.2, -0.15) is 0 Å². The fraction of sp³-hybridized carbons (Fsp3) is 0.692. The van der Waals surface area contributed by atoms with Gasteiger partial charge in [0.25, 0.3) is 0 Å². The van der Waals surface area contributed by atoms with Gasteiger partial charge < -0.3 is 11.1 Å². The fourth-order valence-electron chi connectivity index (χ4n) is 4.40. The number of carbonyl (C=O) groups is 2. The van der Waals surface area contributed by atoms with Crippen molar-refractivity contribution in [2.45, 2.75) is 97.3 Å². The average molecular weight is 415 g/mol. The van der Waals surface area contributed by atoms with Crippen LogP contribution in [0.15, 0.2) is 18.2 Å². The molecular weight excluding hydrogens is 372 g/mol. The molecule has 2 rings (SSSR count). The zero-order valence-electron chi connectivity index (χ0n) is 19.2. The summed E-state index contributed by atoms with van der Waals surface area (Å²) in [4.78, 5) is 23.8. The highest BCUT2D eigenvalue weighted by atomic mass is 16.2. The summed E-state index contributed by atoms with van der Waals surface area (Å²) in [5.41, 5.74) is 8.26. The predicted octanol–water partition coefficient (Wildman–Crippen LogP) is 5.56. The van der Waals surface area contributed by atoms with Crippen LogP contribution in [-0.4, -0.2) is 18.4 Å². The van der Waals surface area contributed by atoms with Crippen LogP contribution in [0.4, 0.5) is 0 Å². The second kappa shape index (κ2) is 13.5. The molecule has 0 saturated carbocycles. The van der Waals surface area contributed by atoms with Gasteiger partial charge in [-0.15, -0.1) is 0 Å². The monoisotopic (exact) mass is 414 g/mol. The summed E-state index contributed by atoms with van der Waals surface area (Å²) in [6.07, 6.45) is 15.6. The zero-order chi connectivity index (χ0) is 21.8.